The van der Waals surface area contributed by atoms with E-state index in [1.807, 2.05) is 0 Å². The molecule has 1 aromatic heterocycles. The second-order valence-corrected chi connectivity index (χ2v) is 3.73. The van der Waals surface area contributed by atoms with Gasteiger partial charge in [-0.15, -0.1) is 0 Å². The number of rotatable bonds is 3. The number of furan rings is 1. The Morgan fingerprint density at radius 3 is 3.06 bits per heavy atom. The van der Waals surface area contributed by atoms with Crippen molar-refractivity contribution in [1.29, 1.82) is 0 Å². The van der Waals surface area contributed by atoms with Crippen molar-refractivity contribution < 1.29 is 18.7 Å². The number of halogens is 1. The Bertz CT molecular complexity index is 359. The Balaban J connectivity index is 1.81. The minimum Gasteiger partial charge on any atom is -0.452 e. The maximum atomic E-state index is 11.6. The average Bonchev–Trinajstić information content (AvgIpc) is 2.74. The summed E-state index contributed by atoms with van der Waals surface area (Å²) in [4.78, 5) is 11.6. The highest BCUT2D eigenvalue weighted by atomic mass is 35.5. The van der Waals surface area contributed by atoms with Crippen LogP contribution in [0.2, 0.25) is 5.22 Å². The van der Waals surface area contributed by atoms with Crippen LogP contribution in [0.3, 0.4) is 0 Å². The van der Waals surface area contributed by atoms with Crippen molar-refractivity contribution in [1.82, 2.24) is 5.32 Å². The summed E-state index contributed by atoms with van der Waals surface area (Å²) < 4.78 is 15.4. The number of amides is 1. The molecule has 5 nitrogen and oxygen atoms in total. The molecule has 1 aromatic rings. The van der Waals surface area contributed by atoms with Gasteiger partial charge in [0.05, 0.1) is 37.8 Å². The van der Waals surface area contributed by atoms with Gasteiger partial charge >= 0.3 is 0 Å². The first kappa shape index (κ1) is 11.4. The molecule has 1 unspecified atom stereocenters. The van der Waals surface area contributed by atoms with Crippen LogP contribution in [0.4, 0.5) is 0 Å². The minimum absolute atomic E-state index is 0.0941. The second-order valence-electron chi connectivity index (χ2n) is 3.39. The van der Waals surface area contributed by atoms with E-state index in [-0.39, 0.29) is 17.2 Å². The Labute approximate surface area is 97.7 Å². The number of carbonyl (C=O) groups is 1. The maximum Gasteiger partial charge on any atom is 0.256 e. The SMILES string of the molecule is O=C(NCC1COCCO1)c1ccoc1Cl. The average molecular weight is 246 g/mol. The van der Waals surface area contributed by atoms with Crippen molar-refractivity contribution in [2.24, 2.45) is 0 Å². The summed E-state index contributed by atoms with van der Waals surface area (Å²) in [5.74, 6) is -0.270. The van der Waals surface area contributed by atoms with E-state index < -0.39 is 0 Å². The quantitative estimate of drug-likeness (QED) is 0.866. The van der Waals surface area contributed by atoms with Crippen LogP contribution < -0.4 is 5.32 Å². The van der Waals surface area contributed by atoms with Gasteiger partial charge in [0.1, 0.15) is 0 Å². The van der Waals surface area contributed by atoms with Gasteiger partial charge in [-0.1, -0.05) is 0 Å². The lowest BCUT2D eigenvalue weighted by molar-refractivity contribution is -0.0855. The van der Waals surface area contributed by atoms with Gasteiger partial charge in [-0.05, 0) is 17.7 Å². The topological polar surface area (TPSA) is 60.7 Å². The van der Waals surface area contributed by atoms with Gasteiger partial charge in [0.25, 0.3) is 5.91 Å². The standard InChI is InChI=1S/C10H12ClNO4/c11-9-8(1-2-16-9)10(13)12-5-7-6-14-3-4-15-7/h1-2,7H,3-6H2,(H,12,13). The third-order valence-electron chi connectivity index (χ3n) is 2.24. The molecule has 0 bridgehead atoms. The first-order valence-corrected chi connectivity index (χ1v) is 5.35. The molecule has 16 heavy (non-hydrogen) atoms. The van der Waals surface area contributed by atoms with Crippen LogP contribution in [-0.4, -0.2) is 38.4 Å². The van der Waals surface area contributed by atoms with Crippen LogP contribution in [0, 0.1) is 0 Å². The van der Waals surface area contributed by atoms with E-state index in [0.717, 1.165) is 0 Å². The second kappa shape index (κ2) is 5.34. The third-order valence-corrected chi connectivity index (χ3v) is 2.53. The molecular formula is C10H12ClNO4. The molecule has 88 valence electrons. The summed E-state index contributed by atoms with van der Waals surface area (Å²) in [5.41, 5.74) is 0.332. The highest BCUT2D eigenvalue weighted by molar-refractivity contribution is 6.32. The Kier molecular flexibility index (Phi) is 3.82. The van der Waals surface area contributed by atoms with Crippen LogP contribution in [-0.2, 0) is 9.47 Å². The van der Waals surface area contributed by atoms with Crippen LogP contribution in [0.1, 0.15) is 10.4 Å². The molecule has 1 saturated heterocycles. The molecule has 2 heterocycles. The summed E-state index contributed by atoms with van der Waals surface area (Å²) in [7, 11) is 0. The van der Waals surface area contributed by atoms with Gasteiger partial charge in [0.2, 0.25) is 5.22 Å². The molecular weight excluding hydrogens is 234 g/mol. The van der Waals surface area contributed by atoms with Gasteiger partial charge in [0, 0.05) is 6.54 Å². The molecule has 0 spiro atoms. The Morgan fingerprint density at radius 1 is 1.56 bits per heavy atom. The van der Waals surface area contributed by atoms with E-state index in [0.29, 0.717) is 31.9 Å². The zero-order chi connectivity index (χ0) is 11.4. The largest absolute Gasteiger partial charge is 0.452 e. The predicted molar refractivity (Wildman–Crippen MR) is 56.6 cm³/mol. The van der Waals surface area contributed by atoms with Gasteiger partial charge < -0.3 is 19.2 Å². The molecule has 1 amide bonds. The van der Waals surface area contributed by atoms with Gasteiger partial charge in [-0.3, -0.25) is 4.79 Å². The molecule has 1 atom stereocenters. The third kappa shape index (κ3) is 2.75. The Hall–Kier alpha value is -1.04. The summed E-state index contributed by atoms with van der Waals surface area (Å²) in [6.07, 6.45) is 1.28. The van der Waals surface area contributed by atoms with E-state index in [4.69, 9.17) is 25.5 Å². The van der Waals surface area contributed by atoms with Crippen molar-refractivity contribution in [3.8, 4) is 0 Å². The first-order chi connectivity index (χ1) is 7.77. The monoisotopic (exact) mass is 245 g/mol. The van der Waals surface area contributed by atoms with Crippen LogP contribution in [0.5, 0.6) is 0 Å². The minimum atomic E-state index is -0.270. The molecule has 0 aromatic carbocycles. The highest BCUT2D eigenvalue weighted by Crippen LogP contribution is 2.16. The molecule has 1 N–H and O–H groups in total. The molecule has 2 rings (SSSR count). The lowest BCUT2D eigenvalue weighted by atomic mass is 10.3. The van der Waals surface area contributed by atoms with E-state index >= 15 is 0 Å². The van der Waals surface area contributed by atoms with Gasteiger partial charge in [-0.25, -0.2) is 0 Å². The van der Waals surface area contributed by atoms with Crippen LogP contribution in [0.25, 0.3) is 0 Å². The number of nitrogens with one attached hydrogen (secondary N) is 1. The maximum absolute atomic E-state index is 11.6. The fourth-order valence-corrected chi connectivity index (χ4v) is 1.61. The Morgan fingerprint density at radius 2 is 2.44 bits per heavy atom. The van der Waals surface area contributed by atoms with E-state index in [1.165, 1.54) is 12.3 Å². The van der Waals surface area contributed by atoms with E-state index in [1.54, 1.807) is 0 Å². The van der Waals surface area contributed by atoms with Gasteiger partial charge in [-0.2, -0.15) is 0 Å². The summed E-state index contributed by atoms with van der Waals surface area (Å²) in [6.45, 7) is 2.07. The first-order valence-electron chi connectivity index (χ1n) is 4.98. The summed E-state index contributed by atoms with van der Waals surface area (Å²) >= 11 is 5.67. The highest BCUT2D eigenvalue weighted by Gasteiger charge is 2.17. The fraction of sp³-hybridized carbons (Fsp3) is 0.500. The van der Waals surface area contributed by atoms with Crippen LogP contribution >= 0.6 is 11.6 Å². The smallest absolute Gasteiger partial charge is 0.256 e. The van der Waals surface area contributed by atoms with Crippen LogP contribution in [0.15, 0.2) is 16.7 Å². The van der Waals surface area contributed by atoms with E-state index in [2.05, 4.69) is 5.32 Å². The zero-order valence-electron chi connectivity index (χ0n) is 8.57. The molecule has 1 fully saturated rings. The number of ether oxygens (including phenoxy) is 2. The molecule has 0 aliphatic carbocycles. The molecule has 1 aliphatic heterocycles. The van der Waals surface area contributed by atoms with Crippen molar-refractivity contribution >= 4 is 17.5 Å². The molecule has 1 aliphatic rings. The number of hydrogen-bond donors (Lipinski definition) is 1. The fourth-order valence-electron chi connectivity index (χ4n) is 1.41. The van der Waals surface area contributed by atoms with E-state index in [9.17, 15) is 4.79 Å². The summed E-state index contributed by atoms with van der Waals surface area (Å²) in [5, 5.41) is 2.80. The molecule has 6 heteroatoms. The zero-order valence-corrected chi connectivity index (χ0v) is 9.33. The lowest BCUT2D eigenvalue weighted by Gasteiger charge is -2.22. The van der Waals surface area contributed by atoms with Crippen molar-refractivity contribution in [2.45, 2.75) is 6.10 Å². The molecule has 0 saturated carbocycles. The van der Waals surface area contributed by atoms with Crippen molar-refractivity contribution in [3.63, 3.8) is 0 Å². The number of hydrogen-bond acceptors (Lipinski definition) is 4. The number of carbonyl (C=O) groups excluding carboxylic acids is 1. The normalized spacial score (nSPS) is 20.7. The molecule has 0 radical (unpaired) electrons. The summed E-state index contributed by atoms with van der Waals surface area (Å²) in [6, 6.07) is 1.52. The predicted octanol–water partition coefficient (Wildman–Crippen LogP) is 1.08. The van der Waals surface area contributed by atoms with Gasteiger partial charge in [0.15, 0.2) is 0 Å². The van der Waals surface area contributed by atoms with Crippen molar-refractivity contribution in [2.75, 3.05) is 26.4 Å². The van der Waals surface area contributed by atoms with Crippen molar-refractivity contribution in [3.05, 3.63) is 23.1 Å². The lowest BCUT2D eigenvalue weighted by Crippen LogP contribution is -2.39.